The summed E-state index contributed by atoms with van der Waals surface area (Å²) < 4.78 is 0. The van der Waals surface area contributed by atoms with Gasteiger partial charge in [0.15, 0.2) is 11.2 Å². The van der Waals surface area contributed by atoms with Crippen molar-refractivity contribution in [3.63, 3.8) is 0 Å². The second kappa shape index (κ2) is 10.3. The summed E-state index contributed by atoms with van der Waals surface area (Å²) in [7, 11) is 0. The van der Waals surface area contributed by atoms with Crippen LogP contribution in [0.25, 0.3) is 0 Å². The van der Waals surface area contributed by atoms with E-state index in [4.69, 9.17) is 0 Å². The maximum absolute atomic E-state index is 11.9. The molecule has 0 aliphatic carbocycles. The van der Waals surface area contributed by atoms with E-state index in [9.17, 15) is 10.2 Å². The molecule has 2 nitrogen and oxygen atoms in total. The Hall–Kier alpha value is -4.08. The normalized spacial score (nSPS) is 13.8. The van der Waals surface area contributed by atoms with Crippen molar-refractivity contribution in [2.45, 2.75) is 38.9 Å². The van der Waals surface area contributed by atoms with Crippen LogP contribution in [0.5, 0.6) is 0 Å². The highest BCUT2D eigenvalue weighted by Crippen LogP contribution is 2.33. The average Bonchev–Trinajstić information content (AvgIpc) is 2.87. The van der Waals surface area contributed by atoms with Crippen LogP contribution in [-0.2, 0) is 11.2 Å². The van der Waals surface area contributed by atoms with Crippen molar-refractivity contribution in [2.75, 3.05) is 0 Å². The molecule has 0 bridgehead atoms. The van der Waals surface area contributed by atoms with Crippen LogP contribution in [0.2, 0.25) is 0 Å². The Morgan fingerprint density at radius 2 is 0.861 bits per heavy atom. The predicted octanol–water partition coefficient (Wildman–Crippen LogP) is 6.10. The molecule has 2 heteroatoms. The topological polar surface area (TPSA) is 40.5 Å². The van der Waals surface area contributed by atoms with E-state index in [1.807, 2.05) is 125 Å². The number of aliphatic hydroxyl groups is 2. The van der Waals surface area contributed by atoms with Crippen LogP contribution in [0, 0.1) is 51.4 Å². The zero-order valence-corrected chi connectivity index (χ0v) is 21.1. The van der Waals surface area contributed by atoms with Gasteiger partial charge in [-0.3, -0.25) is 0 Å². The van der Waals surface area contributed by atoms with Crippen molar-refractivity contribution in [1.29, 1.82) is 0 Å². The monoisotopic (exact) mass is 470 g/mol. The highest BCUT2D eigenvalue weighted by molar-refractivity contribution is 5.53. The SMILES string of the molecule is Cc1ccc(C(O)(C#CC#CC(O)(c2ccccc2)c2ccc(C)cc2C)c2ccccc2)c(C)c1. The predicted molar refractivity (Wildman–Crippen MR) is 146 cm³/mol. The van der Waals surface area contributed by atoms with E-state index < -0.39 is 11.2 Å². The maximum atomic E-state index is 11.9. The number of rotatable bonds is 4. The van der Waals surface area contributed by atoms with Gasteiger partial charge in [0.05, 0.1) is 0 Å². The molecule has 178 valence electrons. The number of benzene rings is 4. The Morgan fingerprint density at radius 1 is 0.500 bits per heavy atom. The fourth-order valence-corrected chi connectivity index (χ4v) is 4.63. The molecule has 0 aliphatic heterocycles. The first kappa shape index (κ1) is 25.0. The van der Waals surface area contributed by atoms with Gasteiger partial charge in [0.1, 0.15) is 0 Å². The van der Waals surface area contributed by atoms with Gasteiger partial charge in [-0.25, -0.2) is 0 Å². The summed E-state index contributed by atoms with van der Waals surface area (Å²) in [6, 6.07) is 30.6. The van der Waals surface area contributed by atoms with Crippen LogP contribution >= 0.6 is 0 Å². The van der Waals surface area contributed by atoms with Crippen LogP contribution < -0.4 is 0 Å². The molecule has 4 aromatic carbocycles. The fourth-order valence-electron chi connectivity index (χ4n) is 4.63. The van der Waals surface area contributed by atoms with E-state index in [2.05, 4.69) is 23.7 Å². The molecule has 36 heavy (non-hydrogen) atoms. The maximum Gasteiger partial charge on any atom is 0.178 e. The first-order valence-corrected chi connectivity index (χ1v) is 12.0. The lowest BCUT2D eigenvalue weighted by atomic mass is 9.83. The minimum Gasteiger partial charge on any atom is -0.369 e. The molecule has 0 amide bonds. The van der Waals surface area contributed by atoms with E-state index in [-0.39, 0.29) is 0 Å². The summed E-state index contributed by atoms with van der Waals surface area (Å²) in [5.41, 5.74) is 3.78. The van der Waals surface area contributed by atoms with Gasteiger partial charge in [-0.1, -0.05) is 108 Å². The largest absolute Gasteiger partial charge is 0.369 e. The van der Waals surface area contributed by atoms with Gasteiger partial charge in [0.2, 0.25) is 0 Å². The molecule has 0 spiro atoms. The molecule has 0 radical (unpaired) electrons. The third-order valence-electron chi connectivity index (χ3n) is 6.48. The Balaban J connectivity index is 1.85. The summed E-state index contributed by atoms with van der Waals surface area (Å²) in [6.07, 6.45) is 0. The minimum atomic E-state index is -1.54. The lowest BCUT2D eigenvalue weighted by Crippen LogP contribution is -2.27. The number of hydrogen-bond acceptors (Lipinski definition) is 2. The van der Waals surface area contributed by atoms with Crippen LogP contribution in [0.3, 0.4) is 0 Å². The van der Waals surface area contributed by atoms with Gasteiger partial charge >= 0.3 is 0 Å². The number of aryl methyl sites for hydroxylation is 4. The summed E-state index contributed by atoms with van der Waals surface area (Å²) in [5.74, 6) is 11.8. The molecule has 0 fully saturated rings. The molecule has 0 saturated carbocycles. The molecule has 4 rings (SSSR count). The van der Waals surface area contributed by atoms with Gasteiger partial charge in [0.25, 0.3) is 0 Å². The quantitative estimate of drug-likeness (QED) is 0.354. The molecule has 0 saturated heterocycles. The first-order chi connectivity index (χ1) is 17.2. The van der Waals surface area contributed by atoms with Crippen molar-refractivity contribution in [1.82, 2.24) is 0 Å². The van der Waals surface area contributed by atoms with Crippen molar-refractivity contribution in [3.05, 3.63) is 142 Å². The lowest BCUT2D eigenvalue weighted by molar-refractivity contribution is 0.143. The minimum absolute atomic E-state index is 0.666. The molecular weight excluding hydrogens is 440 g/mol. The second-order valence-electron chi connectivity index (χ2n) is 9.29. The van der Waals surface area contributed by atoms with Gasteiger partial charge in [0, 0.05) is 22.3 Å². The molecule has 2 unspecified atom stereocenters. The van der Waals surface area contributed by atoms with E-state index in [0.717, 1.165) is 22.3 Å². The van der Waals surface area contributed by atoms with Gasteiger partial charge < -0.3 is 10.2 Å². The first-order valence-electron chi connectivity index (χ1n) is 12.0. The summed E-state index contributed by atoms with van der Waals surface area (Å²) in [5, 5.41) is 23.7. The van der Waals surface area contributed by atoms with E-state index in [1.165, 1.54) is 0 Å². The summed E-state index contributed by atoms with van der Waals surface area (Å²) >= 11 is 0. The van der Waals surface area contributed by atoms with Gasteiger partial charge in [-0.15, -0.1) is 0 Å². The van der Waals surface area contributed by atoms with Crippen molar-refractivity contribution in [2.24, 2.45) is 0 Å². The zero-order chi connectivity index (χ0) is 25.8. The Bertz CT molecular complexity index is 1380. The third-order valence-corrected chi connectivity index (χ3v) is 6.48. The number of hydrogen-bond donors (Lipinski definition) is 2. The second-order valence-corrected chi connectivity index (χ2v) is 9.29. The van der Waals surface area contributed by atoms with E-state index >= 15 is 0 Å². The third kappa shape index (κ3) is 4.98. The average molecular weight is 471 g/mol. The lowest BCUT2D eigenvalue weighted by Gasteiger charge is -2.26. The molecule has 0 aromatic heterocycles. The molecular formula is C34H30O2. The van der Waals surface area contributed by atoms with Crippen molar-refractivity contribution >= 4 is 0 Å². The summed E-state index contributed by atoms with van der Waals surface area (Å²) in [4.78, 5) is 0. The van der Waals surface area contributed by atoms with E-state index in [0.29, 0.717) is 22.3 Å². The van der Waals surface area contributed by atoms with Crippen molar-refractivity contribution < 1.29 is 10.2 Å². The molecule has 4 aromatic rings. The Morgan fingerprint density at radius 3 is 1.19 bits per heavy atom. The molecule has 2 atom stereocenters. The van der Waals surface area contributed by atoms with Gasteiger partial charge in [-0.05, 0) is 62.5 Å². The highest BCUT2D eigenvalue weighted by Gasteiger charge is 2.32. The van der Waals surface area contributed by atoms with Crippen molar-refractivity contribution in [3.8, 4) is 23.7 Å². The van der Waals surface area contributed by atoms with Crippen LogP contribution in [0.1, 0.15) is 44.5 Å². The molecule has 0 aliphatic rings. The smallest absolute Gasteiger partial charge is 0.178 e. The molecule has 2 N–H and O–H groups in total. The van der Waals surface area contributed by atoms with E-state index in [1.54, 1.807) is 0 Å². The molecule has 0 heterocycles. The van der Waals surface area contributed by atoms with Gasteiger partial charge in [-0.2, -0.15) is 0 Å². The highest BCUT2D eigenvalue weighted by atomic mass is 16.3. The van der Waals surface area contributed by atoms with Crippen LogP contribution in [-0.4, -0.2) is 10.2 Å². The summed E-state index contributed by atoms with van der Waals surface area (Å²) in [6.45, 7) is 7.98. The fraction of sp³-hybridized carbons (Fsp3) is 0.176. The van der Waals surface area contributed by atoms with Crippen LogP contribution in [0.4, 0.5) is 0 Å². The Kier molecular flexibility index (Phi) is 7.14. The standard InChI is InChI=1S/C34H30O2/c1-25-17-19-31(27(3)23-25)33(35,29-13-7-5-8-14-29)21-11-12-22-34(36,30-15-9-6-10-16-30)32-20-18-26(2)24-28(32)4/h5-10,13-20,23-24,35-36H,1-4H3. The zero-order valence-electron chi connectivity index (χ0n) is 21.1. The van der Waals surface area contributed by atoms with Crippen LogP contribution in [0.15, 0.2) is 97.1 Å². The Labute approximate surface area is 214 Å².